The van der Waals surface area contributed by atoms with E-state index >= 15 is 0 Å². The van der Waals surface area contributed by atoms with Crippen molar-refractivity contribution in [1.29, 1.82) is 0 Å². The fourth-order valence-electron chi connectivity index (χ4n) is 1.78. The Morgan fingerprint density at radius 3 is 2.67 bits per heavy atom. The van der Waals surface area contributed by atoms with E-state index in [1.807, 2.05) is 0 Å². The molecule has 112 valence electrons. The lowest BCUT2D eigenvalue weighted by atomic mass is 10.1. The van der Waals surface area contributed by atoms with Gasteiger partial charge in [0.25, 0.3) is 5.91 Å². The SMILES string of the molecule is CC(NC(=O)c1cccc(C(F)(F)F)c1F)c1ncc[nH]1. The van der Waals surface area contributed by atoms with Gasteiger partial charge >= 0.3 is 6.18 Å². The maximum atomic E-state index is 13.8. The smallest absolute Gasteiger partial charge is 0.347 e. The van der Waals surface area contributed by atoms with Crippen LogP contribution in [0, 0.1) is 5.82 Å². The highest BCUT2D eigenvalue weighted by Crippen LogP contribution is 2.32. The van der Waals surface area contributed by atoms with E-state index in [4.69, 9.17) is 0 Å². The molecule has 0 saturated carbocycles. The lowest BCUT2D eigenvalue weighted by molar-refractivity contribution is -0.140. The van der Waals surface area contributed by atoms with Crippen molar-refractivity contribution in [3.05, 3.63) is 53.4 Å². The van der Waals surface area contributed by atoms with Crippen molar-refractivity contribution < 1.29 is 22.4 Å². The maximum absolute atomic E-state index is 13.8. The zero-order chi connectivity index (χ0) is 15.6. The highest BCUT2D eigenvalue weighted by atomic mass is 19.4. The number of hydrogen-bond acceptors (Lipinski definition) is 2. The van der Waals surface area contributed by atoms with Crippen LogP contribution >= 0.6 is 0 Å². The van der Waals surface area contributed by atoms with E-state index in [9.17, 15) is 22.4 Å². The molecular weight excluding hydrogens is 290 g/mol. The summed E-state index contributed by atoms with van der Waals surface area (Å²) in [5, 5.41) is 2.38. The first-order chi connectivity index (χ1) is 9.80. The number of rotatable bonds is 3. The third-order valence-electron chi connectivity index (χ3n) is 2.83. The van der Waals surface area contributed by atoms with E-state index in [0.29, 0.717) is 11.9 Å². The molecule has 0 saturated heterocycles. The van der Waals surface area contributed by atoms with E-state index in [0.717, 1.165) is 12.1 Å². The molecule has 8 heteroatoms. The van der Waals surface area contributed by atoms with Crippen LogP contribution in [0.25, 0.3) is 0 Å². The minimum absolute atomic E-state index is 0.413. The zero-order valence-corrected chi connectivity index (χ0v) is 10.8. The molecule has 1 amide bonds. The first kappa shape index (κ1) is 15.0. The zero-order valence-electron chi connectivity index (χ0n) is 10.8. The van der Waals surface area contributed by atoms with Crippen LogP contribution < -0.4 is 5.32 Å². The predicted octanol–water partition coefficient (Wildman–Crippen LogP) is 3.06. The lowest BCUT2D eigenvalue weighted by Crippen LogP contribution is -2.28. The summed E-state index contributed by atoms with van der Waals surface area (Å²) >= 11 is 0. The largest absolute Gasteiger partial charge is 0.419 e. The Balaban J connectivity index is 2.24. The lowest BCUT2D eigenvalue weighted by Gasteiger charge is -2.14. The van der Waals surface area contributed by atoms with Gasteiger partial charge in [-0.2, -0.15) is 13.2 Å². The molecule has 0 bridgehead atoms. The highest BCUT2D eigenvalue weighted by Gasteiger charge is 2.35. The highest BCUT2D eigenvalue weighted by molar-refractivity contribution is 5.94. The molecule has 1 aromatic carbocycles. The number of H-pyrrole nitrogens is 1. The number of halogens is 4. The Bertz CT molecular complexity index is 637. The summed E-state index contributed by atoms with van der Waals surface area (Å²) in [6.07, 6.45) is -1.86. The van der Waals surface area contributed by atoms with Crippen LogP contribution in [-0.4, -0.2) is 15.9 Å². The molecule has 2 aromatic rings. The Labute approximate surface area is 117 Å². The second kappa shape index (κ2) is 5.55. The summed E-state index contributed by atoms with van der Waals surface area (Å²) in [7, 11) is 0. The number of nitrogens with one attached hydrogen (secondary N) is 2. The average molecular weight is 301 g/mol. The van der Waals surface area contributed by atoms with E-state index in [-0.39, 0.29) is 0 Å². The van der Waals surface area contributed by atoms with Crippen LogP contribution in [0.1, 0.15) is 34.7 Å². The average Bonchev–Trinajstić information content (AvgIpc) is 2.91. The minimum atomic E-state index is -4.85. The number of amides is 1. The first-order valence-corrected chi connectivity index (χ1v) is 5.96. The monoisotopic (exact) mass is 301 g/mol. The van der Waals surface area contributed by atoms with Crippen molar-refractivity contribution in [2.75, 3.05) is 0 Å². The molecule has 1 aromatic heterocycles. The molecule has 0 fully saturated rings. The van der Waals surface area contributed by atoms with Gasteiger partial charge in [-0.3, -0.25) is 4.79 Å². The molecule has 0 aliphatic carbocycles. The van der Waals surface area contributed by atoms with Gasteiger partial charge < -0.3 is 10.3 Å². The van der Waals surface area contributed by atoms with Gasteiger partial charge in [-0.1, -0.05) is 6.07 Å². The van der Waals surface area contributed by atoms with Crippen molar-refractivity contribution >= 4 is 5.91 Å². The summed E-state index contributed by atoms with van der Waals surface area (Å²) in [5.41, 5.74) is -2.14. The molecule has 0 radical (unpaired) electrons. The molecule has 2 rings (SSSR count). The molecule has 0 spiro atoms. The van der Waals surface area contributed by atoms with Crippen LogP contribution in [0.3, 0.4) is 0 Å². The van der Waals surface area contributed by atoms with Crippen molar-refractivity contribution in [3.63, 3.8) is 0 Å². The molecule has 0 aliphatic rings. The van der Waals surface area contributed by atoms with Gasteiger partial charge in [-0.15, -0.1) is 0 Å². The molecule has 4 nitrogen and oxygen atoms in total. The van der Waals surface area contributed by atoms with Gasteiger partial charge in [-0.05, 0) is 19.1 Å². The summed E-state index contributed by atoms with van der Waals surface area (Å²) in [6, 6.07) is 1.97. The number of carbonyl (C=O) groups excluding carboxylic acids is 1. The van der Waals surface area contributed by atoms with Gasteiger partial charge in [0.05, 0.1) is 17.2 Å². The summed E-state index contributed by atoms with van der Waals surface area (Å²) in [4.78, 5) is 18.5. The molecule has 1 unspecified atom stereocenters. The Morgan fingerprint density at radius 1 is 1.38 bits per heavy atom. The maximum Gasteiger partial charge on any atom is 0.419 e. The number of benzene rings is 1. The Kier molecular flexibility index (Phi) is 3.97. The molecule has 0 aliphatic heterocycles. The predicted molar refractivity (Wildman–Crippen MR) is 65.9 cm³/mol. The van der Waals surface area contributed by atoms with Crippen molar-refractivity contribution in [2.24, 2.45) is 0 Å². The van der Waals surface area contributed by atoms with E-state index < -0.39 is 35.1 Å². The molecule has 1 heterocycles. The molecule has 2 N–H and O–H groups in total. The van der Waals surface area contributed by atoms with Crippen LogP contribution in [0.15, 0.2) is 30.6 Å². The molecule has 1 atom stereocenters. The number of carbonyl (C=O) groups is 1. The number of hydrogen-bond donors (Lipinski definition) is 2. The van der Waals surface area contributed by atoms with E-state index in [1.54, 1.807) is 6.92 Å². The molecular formula is C13H11F4N3O. The van der Waals surface area contributed by atoms with E-state index in [2.05, 4.69) is 15.3 Å². The molecule has 21 heavy (non-hydrogen) atoms. The standard InChI is InChI=1S/C13H11F4N3O/c1-7(11-18-5-6-19-11)20-12(21)8-3-2-4-9(10(8)14)13(15,16)17/h2-7H,1H3,(H,18,19)(H,20,21). The van der Waals surface area contributed by atoms with Gasteiger partial charge in [0, 0.05) is 12.4 Å². The third-order valence-corrected chi connectivity index (χ3v) is 2.83. The van der Waals surface area contributed by atoms with Crippen molar-refractivity contribution in [3.8, 4) is 0 Å². The fourth-order valence-corrected chi connectivity index (χ4v) is 1.78. The van der Waals surface area contributed by atoms with Gasteiger partial charge in [0.2, 0.25) is 0 Å². The summed E-state index contributed by atoms with van der Waals surface area (Å²) < 4.78 is 51.6. The second-order valence-electron chi connectivity index (χ2n) is 4.33. The Morgan fingerprint density at radius 2 is 2.10 bits per heavy atom. The minimum Gasteiger partial charge on any atom is -0.347 e. The first-order valence-electron chi connectivity index (χ1n) is 5.96. The number of aromatic nitrogens is 2. The summed E-state index contributed by atoms with van der Waals surface area (Å²) in [6.45, 7) is 1.57. The third kappa shape index (κ3) is 3.21. The van der Waals surface area contributed by atoms with Crippen LogP contribution in [-0.2, 0) is 6.18 Å². The summed E-state index contributed by atoms with van der Waals surface area (Å²) in [5.74, 6) is -2.12. The van der Waals surface area contributed by atoms with Gasteiger partial charge in [-0.25, -0.2) is 9.37 Å². The van der Waals surface area contributed by atoms with Gasteiger partial charge in [0.15, 0.2) is 0 Å². The topological polar surface area (TPSA) is 57.8 Å². The number of nitrogens with zero attached hydrogens (tertiary/aromatic N) is 1. The number of alkyl halides is 3. The van der Waals surface area contributed by atoms with Gasteiger partial charge in [0.1, 0.15) is 11.6 Å². The van der Waals surface area contributed by atoms with Crippen LogP contribution in [0.2, 0.25) is 0 Å². The number of aromatic amines is 1. The fraction of sp³-hybridized carbons (Fsp3) is 0.231. The Hall–Kier alpha value is -2.38. The van der Waals surface area contributed by atoms with Crippen LogP contribution in [0.4, 0.5) is 17.6 Å². The van der Waals surface area contributed by atoms with Crippen LogP contribution in [0.5, 0.6) is 0 Å². The number of imidazole rings is 1. The quantitative estimate of drug-likeness (QED) is 0.856. The van der Waals surface area contributed by atoms with E-state index in [1.165, 1.54) is 12.4 Å². The van der Waals surface area contributed by atoms with Crippen molar-refractivity contribution in [1.82, 2.24) is 15.3 Å². The van der Waals surface area contributed by atoms with Crippen molar-refractivity contribution in [2.45, 2.75) is 19.1 Å². The second-order valence-corrected chi connectivity index (χ2v) is 4.33. The normalized spacial score (nSPS) is 13.0.